The molecule has 1 heterocycles. The quantitative estimate of drug-likeness (QED) is 0.164. The molecule has 0 spiro atoms. The monoisotopic (exact) mass is 589 g/mol. The van der Waals surface area contributed by atoms with Crippen molar-refractivity contribution >= 4 is 36.5 Å². The maximum atomic E-state index is 10.4. The van der Waals surface area contributed by atoms with Crippen LogP contribution < -0.4 is 26.5 Å². The van der Waals surface area contributed by atoms with E-state index < -0.39 is 7.92 Å². The number of thiol groups is 1. The van der Waals surface area contributed by atoms with Gasteiger partial charge in [0.25, 0.3) is 0 Å². The molecule has 28 heavy (non-hydrogen) atoms. The Kier molecular flexibility index (Phi) is 9.42. The van der Waals surface area contributed by atoms with Crippen LogP contribution in [0.2, 0.25) is 0 Å². The number of rotatable bonds is 3. The van der Waals surface area contributed by atoms with Gasteiger partial charge >= 0.3 is 10.7 Å². The Bertz CT molecular complexity index is 920. The molecule has 4 aromatic rings. The van der Waals surface area contributed by atoms with Crippen molar-refractivity contribution in [2.45, 2.75) is 5.16 Å². The van der Waals surface area contributed by atoms with E-state index in [1.165, 1.54) is 28.2 Å². The molecular weight excluding hydrogens is 568 g/mol. The van der Waals surface area contributed by atoms with Crippen molar-refractivity contribution < 1.29 is 27.4 Å². The van der Waals surface area contributed by atoms with Gasteiger partial charge in [-0.2, -0.15) is 0 Å². The minimum atomic E-state index is -0.877. The van der Waals surface area contributed by atoms with E-state index in [0.29, 0.717) is 5.16 Å². The Balaban J connectivity index is 0.000000264. The van der Waals surface area contributed by atoms with Crippen molar-refractivity contribution in [2.75, 3.05) is 0 Å². The largest absolute Gasteiger partial charge is 0.335 e. The Hall–Kier alpha value is -1.94. The van der Waals surface area contributed by atoms with Gasteiger partial charge < -0.3 is 0 Å². The van der Waals surface area contributed by atoms with E-state index in [2.05, 4.69) is 114 Å². The molecule has 0 amide bonds. The zero-order valence-corrected chi connectivity index (χ0v) is 19.0. The zero-order valence-electron chi connectivity index (χ0n) is 15.0. The number of aromatic nitrogens is 2. The molecule has 0 aliphatic rings. The third-order valence-electron chi connectivity index (χ3n) is 3.88. The van der Waals surface area contributed by atoms with Crippen molar-refractivity contribution in [3.63, 3.8) is 0 Å². The van der Waals surface area contributed by atoms with Crippen molar-refractivity contribution in [1.82, 2.24) is 4.98 Å². The minimum Gasteiger partial charge on any atom is -0.241 e. The summed E-state index contributed by atoms with van der Waals surface area (Å²) >= 11 is 3.84. The number of H-pyrrole nitrogens is 2. The Labute approximate surface area is 186 Å². The molecule has 2 N–H and O–H groups in total. The summed E-state index contributed by atoms with van der Waals surface area (Å²) in [6.07, 6.45) is 1.53. The van der Waals surface area contributed by atoms with Crippen LogP contribution in [0.3, 0.4) is 0 Å². The van der Waals surface area contributed by atoms with Crippen molar-refractivity contribution in [3.05, 3.63) is 114 Å². The van der Waals surface area contributed by atoms with Gasteiger partial charge in [0.1, 0.15) is 15.9 Å². The summed E-state index contributed by atoms with van der Waals surface area (Å²) in [7, 11) is -0.877. The van der Waals surface area contributed by atoms with Crippen LogP contribution >= 0.6 is 20.6 Å². The fourth-order valence-corrected chi connectivity index (χ4v) is 5.47. The number of hydrogen-bond acceptors (Lipinski definition) is 2. The van der Waals surface area contributed by atoms with Crippen LogP contribution in [-0.4, -0.2) is 4.98 Å². The van der Waals surface area contributed by atoms with Gasteiger partial charge in [-0.1, -0.05) is 67.2 Å². The van der Waals surface area contributed by atoms with Crippen LogP contribution in [0.1, 0.15) is 0 Å². The summed E-state index contributed by atoms with van der Waals surface area (Å²) in [6.45, 7) is 0. The summed E-state index contributed by atoms with van der Waals surface area (Å²) < 4.78 is 0. The summed E-state index contributed by atoms with van der Waals surface area (Å²) in [5, 5.41) is 4.78. The molecule has 0 atom stereocenters. The van der Waals surface area contributed by atoms with Crippen LogP contribution in [0.15, 0.2) is 113 Å². The number of hydrogen-bond donors (Lipinski definition) is 2. The van der Waals surface area contributed by atoms with Gasteiger partial charge in [-0.15, -0.1) is 0 Å². The van der Waals surface area contributed by atoms with Crippen LogP contribution in [0.5, 0.6) is 0 Å². The first kappa shape index (κ1) is 22.4. The second-order valence-electron chi connectivity index (χ2n) is 5.79. The number of nitrogens with one attached hydrogen (secondary N) is 2. The molecule has 0 unspecified atom stereocenters. The normalized spacial score (nSPS) is 9.79. The topological polar surface area (TPSA) is 47.0 Å². The van der Waals surface area contributed by atoms with Crippen molar-refractivity contribution in [3.8, 4) is 0 Å². The smallest absolute Gasteiger partial charge is 0.241 e. The van der Waals surface area contributed by atoms with Crippen LogP contribution in [0.4, 0.5) is 0 Å². The molecule has 3 aromatic carbocycles. The first-order chi connectivity index (χ1) is 13.2. The first-order valence-corrected chi connectivity index (χ1v) is 10.5. The summed E-state index contributed by atoms with van der Waals surface area (Å²) in [6, 6.07) is 33.9. The molecule has 0 fully saturated rings. The van der Waals surface area contributed by atoms with Gasteiger partial charge in [0.05, 0.1) is 20.2 Å². The molecule has 0 aliphatic carbocycles. The fourth-order valence-electron chi connectivity index (χ4n) is 2.71. The van der Waals surface area contributed by atoms with Crippen molar-refractivity contribution in [2.24, 2.45) is 0 Å². The van der Waals surface area contributed by atoms with E-state index in [1.807, 2.05) is 0 Å². The van der Waals surface area contributed by atoms with Gasteiger partial charge in [0, 0.05) is 22.4 Å². The number of aromatic amines is 2. The zero-order chi connectivity index (χ0) is 18.9. The third-order valence-corrected chi connectivity index (χ3v) is 6.86. The molecule has 145 valence electrons. The molecule has 0 aliphatic heterocycles. The Morgan fingerprint density at radius 2 is 1.07 bits per heavy atom. The Morgan fingerprint density at radius 1 is 0.679 bits per heavy atom. The fraction of sp³-hybridized carbons (Fsp3) is 0. The average Bonchev–Trinajstić information content (AvgIpc) is 2.71. The summed E-state index contributed by atoms with van der Waals surface area (Å²) in [5.41, 5.74) is -0.145. The molecule has 6 heteroatoms. The van der Waals surface area contributed by atoms with Gasteiger partial charge in [-0.25, -0.2) is 14.8 Å². The van der Waals surface area contributed by atoms with Crippen LogP contribution in [0, 0.1) is 0 Å². The van der Waals surface area contributed by atoms with Gasteiger partial charge in [0.2, 0.25) is 0 Å². The predicted molar refractivity (Wildman–Crippen MR) is 117 cm³/mol. The van der Waals surface area contributed by atoms with E-state index in [0.717, 1.165) is 0 Å². The van der Waals surface area contributed by atoms with E-state index in [-0.39, 0.29) is 27.9 Å². The van der Waals surface area contributed by atoms with Gasteiger partial charge in [-0.05, 0) is 36.4 Å². The second kappa shape index (κ2) is 11.8. The van der Waals surface area contributed by atoms with Crippen LogP contribution in [-0.2, 0) is 22.4 Å². The molecule has 0 saturated heterocycles. The maximum absolute atomic E-state index is 10.4. The second-order valence-corrected chi connectivity index (χ2v) is 8.72. The van der Waals surface area contributed by atoms with Crippen molar-refractivity contribution in [1.29, 1.82) is 0 Å². The maximum Gasteiger partial charge on any atom is 0.335 e. The van der Waals surface area contributed by atoms with E-state index in [9.17, 15) is 4.79 Å². The van der Waals surface area contributed by atoms with Gasteiger partial charge in [0.15, 0.2) is 0 Å². The molecule has 0 saturated carbocycles. The molecule has 0 bridgehead atoms. The standard InChI is InChI=1S/C18H15P.C4H4N2OS.Au/c1-4-10-16(11-5-1)19(17-12-6-2-7-13-17)18-14-8-3-9-15-18;7-3-1-2-5-4(8)6-3;/h1-15H;1-2H,(H2,5,6,7,8);/p+2. The van der Waals surface area contributed by atoms with Crippen LogP contribution in [0.25, 0.3) is 0 Å². The van der Waals surface area contributed by atoms with E-state index in [4.69, 9.17) is 0 Å². The molecule has 1 aromatic heterocycles. The number of benzene rings is 3. The minimum absolute atomic E-state index is 0. The SMILES string of the molecule is O=c1cc[nH+]c(S)[nH]1.[Au].c1ccc([PH+](c2ccccc2)c2ccccc2)cc1. The van der Waals surface area contributed by atoms with E-state index >= 15 is 0 Å². The average molecular weight is 589 g/mol. The van der Waals surface area contributed by atoms with Gasteiger partial charge in [-0.3, -0.25) is 0 Å². The molecule has 3 nitrogen and oxygen atoms in total. The third kappa shape index (κ3) is 6.59. The predicted octanol–water partition coefficient (Wildman–Crippen LogP) is 2.65. The summed E-state index contributed by atoms with van der Waals surface area (Å²) in [4.78, 5) is 15.5. The summed E-state index contributed by atoms with van der Waals surface area (Å²) in [5.74, 6) is 0. The first-order valence-electron chi connectivity index (χ1n) is 8.57. The molecule has 1 radical (unpaired) electrons. The van der Waals surface area contributed by atoms with E-state index in [1.54, 1.807) is 0 Å². The Morgan fingerprint density at radius 3 is 1.36 bits per heavy atom. The molecule has 4 rings (SSSR count). The molecular formula is C22H21AuN2OPS+2.